The van der Waals surface area contributed by atoms with Crippen molar-refractivity contribution in [2.45, 2.75) is 25.7 Å². The van der Waals surface area contributed by atoms with Crippen molar-refractivity contribution in [1.29, 1.82) is 0 Å². The summed E-state index contributed by atoms with van der Waals surface area (Å²) in [6.07, 6.45) is 8.53. The minimum atomic E-state index is -0.270. The molecule has 0 bridgehead atoms. The van der Waals surface area contributed by atoms with Crippen molar-refractivity contribution < 1.29 is 14.4 Å². The Bertz CT molecular complexity index is 1430. The SMILES string of the molecule is O=C(CCCCCN1C(=O)C=CC1=O)Nc1ccc(-c2cc(-c3ccccn3)nc(-c3ccccn3)c2)cc1. The van der Waals surface area contributed by atoms with Gasteiger partial charge in [0.15, 0.2) is 0 Å². The van der Waals surface area contributed by atoms with E-state index >= 15 is 0 Å². The molecule has 8 nitrogen and oxygen atoms in total. The van der Waals surface area contributed by atoms with E-state index in [9.17, 15) is 14.4 Å². The summed E-state index contributed by atoms with van der Waals surface area (Å²) in [5.41, 5.74) is 5.71. The molecule has 8 heteroatoms. The first kappa shape index (κ1) is 25.7. The Balaban J connectivity index is 1.21. The standard InChI is InChI=1S/C31H27N5O3/c37-29(10-2-1-7-19-36-30(38)15-16-31(36)39)34-24-13-11-22(12-14-24)23-20-27(25-8-3-5-17-32-25)35-28(21-23)26-9-4-6-18-33-26/h3-6,8-9,11-18,20-21H,1-2,7,10,19H2,(H,34,37). The van der Waals surface area contributed by atoms with Gasteiger partial charge >= 0.3 is 0 Å². The van der Waals surface area contributed by atoms with E-state index in [1.165, 1.54) is 17.1 Å². The highest BCUT2D eigenvalue weighted by Gasteiger charge is 2.22. The maximum atomic E-state index is 12.4. The average molecular weight is 518 g/mol. The highest BCUT2D eigenvalue weighted by molar-refractivity contribution is 6.12. The largest absolute Gasteiger partial charge is 0.326 e. The molecule has 1 aromatic carbocycles. The minimum Gasteiger partial charge on any atom is -0.326 e. The first-order chi connectivity index (χ1) is 19.1. The fourth-order valence-electron chi connectivity index (χ4n) is 4.34. The lowest BCUT2D eigenvalue weighted by Crippen LogP contribution is -2.30. The van der Waals surface area contributed by atoms with Gasteiger partial charge in [0.2, 0.25) is 5.91 Å². The topological polar surface area (TPSA) is 105 Å². The zero-order valence-electron chi connectivity index (χ0n) is 21.3. The zero-order chi connectivity index (χ0) is 27.0. The van der Waals surface area contributed by atoms with Gasteiger partial charge in [-0.25, -0.2) is 4.98 Å². The van der Waals surface area contributed by atoms with Crippen LogP contribution in [0, 0.1) is 0 Å². The van der Waals surface area contributed by atoms with Crippen molar-refractivity contribution in [1.82, 2.24) is 19.9 Å². The maximum Gasteiger partial charge on any atom is 0.253 e. The number of hydrogen-bond donors (Lipinski definition) is 1. The molecule has 5 rings (SSSR count). The van der Waals surface area contributed by atoms with E-state index in [1.54, 1.807) is 12.4 Å². The Morgan fingerprint density at radius 1 is 0.692 bits per heavy atom. The number of imide groups is 1. The number of carbonyl (C=O) groups excluding carboxylic acids is 3. The predicted molar refractivity (Wildman–Crippen MR) is 149 cm³/mol. The molecule has 1 N–H and O–H groups in total. The molecule has 1 aliphatic heterocycles. The third-order valence-corrected chi connectivity index (χ3v) is 6.37. The molecule has 39 heavy (non-hydrogen) atoms. The summed E-state index contributed by atoms with van der Waals surface area (Å²) in [4.78, 5) is 50.6. The lowest BCUT2D eigenvalue weighted by Gasteiger charge is -2.13. The Morgan fingerprint density at radius 2 is 1.31 bits per heavy atom. The van der Waals surface area contributed by atoms with Gasteiger partial charge in [0.25, 0.3) is 11.8 Å². The van der Waals surface area contributed by atoms with Gasteiger partial charge in [-0.05, 0) is 72.5 Å². The lowest BCUT2D eigenvalue weighted by molar-refractivity contribution is -0.136. The maximum absolute atomic E-state index is 12.4. The number of unbranched alkanes of at least 4 members (excludes halogenated alkanes) is 2. The summed E-state index contributed by atoms with van der Waals surface area (Å²) in [5.74, 6) is -0.612. The Labute approximate surface area is 226 Å². The van der Waals surface area contributed by atoms with Crippen LogP contribution in [0.3, 0.4) is 0 Å². The van der Waals surface area contributed by atoms with Gasteiger partial charge in [0.1, 0.15) is 0 Å². The molecular formula is C31H27N5O3. The third-order valence-electron chi connectivity index (χ3n) is 6.37. The molecule has 0 saturated heterocycles. The van der Waals surface area contributed by atoms with Crippen molar-refractivity contribution in [3.8, 4) is 33.9 Å². The second-order valence-corrected chi connectivity index (χ2v) is 9.15. The van der Waals surface area contributed by atoms with E-state index in [0.29, 0.717) is 31.5 Å². The molecule has 0 atom stereocenters. The van der Waals surface area contributed by atoms with E-state index in [-0.39, 0.29) is 17.7 Å². The number of benzene rings is 1. The number of pyridine rings is 3. The highest BCUT2D eigenvalue weighted by Crippen LogP contribution is 2.29. The van der Waals surface area contributed by atoms with Gasteiger partial charge in [-0.2, -0.15) is 0 Å². The molecule has 194 valence electrons. The van der Waals surface area contributed by atoms with Crippen LogP contribution >= 0.6 is 0 Å². The summed E-state index contributed by atoms with van der Waals surface area (Å²) >= 11 is 0. The minimum absolute atomic E-state index is 0.0727. The zero-order valence-corrected chi connectivity index (χ0v) is 21.3. The number of hydrogen-bond acceptors (Lipinski definition) is 6. The number of aromatic nitrogens is 3. The normalized spacial score (nSPS) is 12.7. The molecule has 0 radical (unpaired) electrons. The van der Waals surface area contributed by atoms with Crippen molar-refractivity contribution in [2.24, 2.45) is 0 Å². The van der Waals surface area contributed by atoms with Crippen LogP contribution in [0.15, 0.2) is 97.3 Å². The van der Waals surface area contributed by atoms with Crippen LogP contribution in [0.25, 0.3) is 33.9 Å². The van der Waals surface area contributed by atoms with Crippen molar-refractivity contribution in [3.63, 3.8) is 0 Å². The quantitative estimate of drug-likeness (QED) is 0.226. The number of nitrogens with one attached hydrogen (secondary N) is 1. The van der Waals surface area contributed by atoms with Crippen LogP contribution in [0.2, 0.25) is 0 Å². The lowest BCUT2D eigenvalue weighted by atomic mass is 10.0. The van der Waals surface area contributed by atoms with Gasteiger partial charge in [0.05, 0.1) is 22.8 Å². The molecule has 0 unspecified atom stereocenters. The first-order valence-corrected chi connectivity index (χ1v) is 12.9. The van der Waals surface area contributed by atoms with Crippen molar-refractivity contribution >= 4 is 23.4 Å². The first-order valence-electron chi connectivity index (χ1n) is 12.9. The molecule has 0 saturated carbocycles. The molecule has 0 spiro atoms. The predicted octanol–water partition coefficient (Wildman–Crippen LogP) is 5.30. The van der Waals surface area contributed by atoms with Crippen LogP contribution in [-0.4, -0.2) is 44.1 Å². The molecule has 4 heterocycles. The fraction of sp³-hybridized carbons (Fsp3) is 0.161. The second kappa shape index (κ2) is 12.0. The van der Waals surface area contributed by atoms with Crippen LogP contribution < -0.4 is 5.32 Å². The molecule has 1 aliphatic rings. The van der Waals surface area contributed by atoms with E-state index in [1.807, 2.05) is 72.8 Å². The smallest absolute Gasteiger partial charge is 0.253 e. The molecule has 3 aromatic heterocycles. The van der Waals surface area contributed by atoms with Gasteiger partial charge in [-0.15, -0.1) is 0 Å². The van der Waals surface area contributed by atoms with Crippen LogP contribution in [0.1, 0.15) is 25.7 Å². The molecule has 4 aromatic rings. The number of amides is 3. The number of rotatable bonds is 10. The number of anilines is 1. The second-order valence-electron chi connectivity index (χ2n) is 9.15. The van der Waals surface area contributed by atoms with E-state index in [0.717, 1.165) is 40.3 Å². The van der Waals surface area contributed by atoms with Gasteiger partial charge in [-0.1, -0.05) is 30.7 Å². The summed E-state index contributed by atoms with van der Waals surface area (Å²) in [6.45, 7) is 0.382. The van der Waals surface area contributed by atoms with Crippen LogP contribution in [0.5, 0.6) is 0 Å². The Morgan fingerprint density at radius 3 is 1.87 bits per heavy atom. The Hall–Kier alpha value is -4.98. The monoisotopic (exact) mass is 517 g/mol. The van der Waals surface area contributed by atoms with Gasteiger partial charge < -0.3 is 5.32 Å². The van der Waals surface area contributed by atoms with E-state index < -0.39 is 0 Å². The third kappa shape index (κ3) is 6.48. The van der Waals surface area contributed by atoms with Crippen molar-refractivity contribution in [3.05, 3.63) is 97.3 Å². The van der Waals surface area contributed by atoms with E-state index in [2.05, 4.69) is 15.3 Å². The molecule has 0 fully saturated rings. The average Bonchev–Trinajstić information content (AvgIpc) is 3.30. The molecule has 0 aliphatic carbocycles. The molecule has 3 amide bonds. The van der Waals surface area contributed by atoms with Crippen LogP contribution in [-0.2, 0) is 14.4 Å². The molecular weight excluding hydrogens is 490 g/mol. The van der Waals surface area contributed by atoms with Crippen LogP contribution in [0.4, 0.5) is 5.69 Å². The highest BCUT2D eigenvalue weighted by atomic mass is 16.2. The van der Waals surface area contributed by atoms with Gasteiger partial charge in [0, 0.05) is 43.2 Å². The fourth-order valence-corrected chi connectivity index (χ4v) is 4.34. The summed E-state index contributed by atoms with van der Waals surface area (Å²) in [6, 6.07) is 23.2. The van der Waals surface area contributed by atoms with E-state index in [4.69, 9.17) is 4.98 Å². The summed E-state index contributed by atoms with van der Waals surface area (Å²) in [5, 5.41) is 2.94. The summed E-state index contributed by atoms with van der Waals surface area (Å²) in [7, 11) is 0. The summed E-state index contributed by atoms with van der Waals surface area (Å²) < 4.78 is 0. The number of nitrogens with zero attached hydrogens (tertiary/aromatic N) is 4. The van der Waals surface area contributed by atoms with Gasteiger partial charge in [-0.3, -0.25) is 29.3 Å². The number of carbonyl (C=O) groups is 3. The van der Waals surface area contributed by atoms with Crippen molar-refractivity contribution in [2.75, 3.05) is 11.9 Å². The Kier molecular flexibility index (Phi) is 7.92.